The van der Waals surface area contributed by atoms with Gasteiger partial charge in [0.15, 0.2) is 0 Å². The van der Waals surface area contributed by atoms with Gasteiger partial charge >= 0.3 is 0 Å². The molecule has 0 bridgehead atoms. The van der Waals surface area contributed by atoms with E-state index in [1.165, 1.54) is 10.6 Å². The fraction of sp³-hybridized carbons (Fsp3) is 0.217. The molecule has 0 saturated carbocycles. The third-order valence-corrected chi connectivity index (χ3v) is 5.05. The minimum absolute atomic E-state index is 0.0214. The predicted octanol–water partition coefficient (Wildman–Crippen LogP) is 3.45. The van der Waals surface area contributed by atoms with E-state index in [9.17, 15) is 9.59 Å². The van der Waals surface area contributed by atoms with Gasteiger partial charge in [0.2, 0.25) is 5.91 Å². The molecule has 0 aliphatic rings. The van der Waals surface area contributed by atoms with E-state index in [4.69, 9.17) is 0 Å². The number of aromatic amines is 1. The molecule has 0 aliphatic carbocycles. The van der Waals surface area contributed by atoms with E-state index < -0.39 is 0 Å². The van der Waals surface area contributed by atoms with Crippen LogP contribution in [0.4, 0.5) is 5.69 Å². The highest BCUT2D eigenvalue weighted by Gasteiger charge is 2.26. The Morgan fingerprint density at radius 2 is 1.73 bits per heavy atom. The third-order valence-electron chi connectivity index (χ3n) is 5.05. The van der Waals surface area contributed by atoms with Gasteiger partial charge in [0.25, 0.3) is 11.3 Å². The van der Waals surface area contributed by atoms with Gasteiger partial charge in [-0.25, -0.2) is 4.98 Å². The summed E-state index contributed by atoms with van der Waals surface area (Å²) in [4.78, 5) is 36.3. The summed E-state index contributed by atoms with van der Waals surface area (Å²) in [6, 6.07) is 20.7. The van der Waals surface area contributed by atoms with Gasteiger partial charge < -0.3 is 4.90 Å². The van der Waals surface area contributed by atoms with Crippen LogP contribution in [-0.2, 0) is 11.3 Å². The zero-order chi connectivity index (χ0) is 21.1. The average molecular weight is 401 g/mol. The lowest BCUT2D eigenvalue weighted by Gasteiger charge is -2.26. The number of hydrogen-bond acceptors (Lipinski definition) is 4. The number of para-hydroxylation sites is 1. The smallest absolute Gasteiger partial charge is 0.274 e. The second-order valence-electron chi connectivity index (χ2n) is 7.17. The quantitative estimate of drug-likeness (QED) is 0.536. The molecule has 4 rings (SSSR count). The lowest BCUT2D eigenvalue weighted by molar-refractivity contribution is -0.120. The molecule has 2 heterocycles. The van der Waals surface area contributed by atoms with Gasteiger partial charge in [0, 0.05) is 17.4 Å². The largest absolute Gasteiger partial charge is 0.304 e. The summed E-state index contributed by atoms with van der Waals surface area (Å²) in [7, 11) is 0. The second-order valence-corrected chi connectivity index (χ2v) is 7.17. The Bertz CT molecular complexity index is 1210. The Morgan fingerprint density at radius 3 is 2.40 bits per heavy atom. The number of carbonyl (C=O) groups is 1. The van der Waals surface area contributed by atoms with Crippen molar-refractivity contribution in [3.8, 4) is 0 Å². The van der Waals surface area contributed by atoms with Crippen molar-refractivity contribution in [2.45, 2.75) is 32.7 Å². The molecule has 0 aliphatic heterocycles. The standard InChI is InChI=1S/C23H23N5O2/c1-3-19(17-10-6-4-7-11-17)22(30)27(18-12-8-5-9-13-18)15-20-25-23-24-16(2)14-21(29)28(23)26-20/h4-14,19H,3,15H2,1-2H3,(H,24,25,26). The van der Waals surface area contributed by atoms with E-state index in [0.717, 1.165) is 11.3 Å². The molecule has 0 spiro atoms. The van der Waals surface area contributed by atoms with Crippen LogP contribution in [0.3, 0.4) is 0 Å². The van der Waals surface area contributed by atoms with Crippen LogP contribution in [0, 0.1) is 6.92 Å². The predicted molar refractivity (Wildman–Crippen MR) is 115 cm³/mol. The lowest BCUT2D eigenvalue weighted by Crippen LogP contribution is -2.35. The summed E-state index contributed by atoms with van der Waals surface area (Å²) in [5, 5.41) is 2.98. The molecular weight excluding hydrogens is 378 g/mol. The number of aromatic nitrogens is 4. The maximum Gasteiger partial charge on any atom is 0.274 e. The van der Waals surface area contributed by atoms with E-state index in [1.54, 1.807) is 11.8 Å². The zero-order valence-corrected chi connectivity index (χ0v) is 16.9. The van der Waals surface area contributed by atoms with E-state index in [0.29, 0.717) is 23.7 Å². The number of anilines is 1. The topological polar surface area (TPSA) is 83.4 Å². The number of benzene rings is 2. The highest BCUT2D eigenvalue weighted by molar-refractivity contribution is 5.97. The number of nitrogens with one attached hydrogen (secondary N) is 1. The first-order chi connectivity index (χ1) is 14.6. The Balaban J connectivity index is 1.73. The molecule has 1 amide bonds. The van der Waals surface area contributed by atoms with Crippen LogP contribution in [0.1, 0.15) is 36.3 Å². The molecular formula is C23H23N5O2. The number of nitrogens with zero attached hydrogens (tertiary/aromatic N) is 4. The van der Waals surface area contributed by atoms with E-state index in [2.05, 4.69) is 15.1 Å². The molecule has 2 aromatic carbocycles. The van der Waals surface area contributed by atoms with Crippen LogP contribution in [0.2, 0.25) is 0 Å². The fourth-order valence-electron chi connectivity index (χ4n) is 3.59. The van der Waals surface area contributed by atoms with Crippen molar-refractivity contribution in [1.29, 1.82) is 0 Å². The Kier molecular flexibility index (Phi) is 5.43. The summed E-state index contributed by atoms with van der Waals surface area (Å²) >= 11 is 0. The molecule has 30 heavy (non-hydrogen) atoms. The van der Waals surface area contributed by atoms with E-state index >= 15 is 0 Å². The SMILES string of the molecule is CCC(C(=O)N(Cc1nc2nc(C)cc(=O)n2[nH]1)c1ccccc1)c1ccccc1. The number of aryl methyl sites for hydroxylation is 1. The summed E-state index contributed by atoms with van der Waals surface area (Å²) in [6.45, 7) is 3.96. The first-order valence-electron chi connectivity index (χ1n) is 9.93. The van der Waals surface area contributed by atoms with Gasteiger partial charge in [-0.1, -0.05) is 55.5 Å². The Labute approximate surface area is 174 Å². The summed E-state index contributed by atoms with van der Waals surface area (Å²) in [5.74, 6) is 0.488. The molecule has 7 heteroatoms. The third kappa shape index (κ3) is 3.87. The summed E-state index contributed by atoms with van der Waals surface area (Å²) < 4.78 is 1.30. The first-order valence-corrected chi connectivity index (χ1v) is 9.93. The van der Waals surface area contributed by atoms with Gasteiger partial charge in [0.1, 0.15) is 5.82 Å². The van der Waals surface area contributed by atoms with Crippen LogP contribution in [0.5, 0.6) is 0 Å². The molecule has 2 aromatic heterocycles. The Morgan fingerprint density at radius 1 is 1.07 bits per heavy atom. The maximum atomic E-state index is 13.6. The van der Waals surface area contributed by atoms with Crippen molar-refractivity contribution < 1.29 is 4.79 Å². The second kappa shape index (κ2) is 8.32. The number of carbonyl (C=O) groups excluding carboxylic acids is 1. The van der Waals surface area contributed by atoms with Crippen LogP contribution in [0.15, 0.2) is 71.5 Å². The highest BCUT2D eigenvalue weighted by atomic mass is 16.2. The van der Waals surface area contributed by atoms with Gasteiger partial charge in [0.05, 0.1) is 12.5 Å². The highest BCUT2D eigenvalue weighted by Crippen LogP contribution is 2.26. The molecule has 4 aromatic rings. The molecule has 0 fully saturated rings. The van der Waals surface area contributed by atoms with Crippen molar-refractivity contribution in [1.82, 2.24) is 19.6 Å². The van der Waals surface area contributed by atoms with Crippen molar-refractivity contribution in [3.63, 3.8) is 0 Å². The van der Waals surface area contributed by atoms with Crippen LogP contribution in [0.25, 0.3) is 5.78 Å². The number of amides is 1. The number of H-pyrrole nitrogens is 1. The zero-order valence-electron chi connectivity index (χ0n) is 16.9. The monoisotopic (exact) mass is 401 g/mol. The van der Waals surface area contributed by atoms with Gasteiger partial charge in [-0.2, -0.15) is 9.50 Å². The summed E-state index contributed by atoms with van der Waals surface area (Å²) in [5.41, 5.74) is 2.12. The molecule has 0 radical (unpaired) electrons. The minimum Gasteiger partial charge on any atom is -0.304 e. The maximum absolute atomic E-state index is 13.6. The van der Waals surface area contributed by atoms with Gasteiger partial charge in [-0.15, -0.1) is 0 Å². The number of fused-ring (bicyclic) bond motifs is 1. The van der Waals surface area contributed by atoms with E-state index in [1.807, 2.05) is 67.6 Å². The molecule has 1 N–H and O–H groups in total. The number of hydrogen-bond donors (Lipinski definition) is 1. The first kappa shape index (κ1) is 19.6. The van der Waals surface area contributed by atoms with Crippen molar-refractivity contribution >= 4 is 17.4 Å². The fourth-order valence-corrected chi connectivity index (χ4v) is 3.59. The van der Waals surface area contributed by atoms with Gasteiger partial charge in [-0.05, 0) is 31.0 Å². The molecule has 152 valence electrons. The van der Waals surface area contributed by atoms with Crippen LogP contribution in [-0.4, -0.2) is 25.5 Å². The average Bonchev–Trinajstić information content (AvgIpc) is 3.17. The molecule has 1 atom stereocenters. The van der Waals surface area contributed by atoms with E-state index in [-0.39, 0.29) is 23.9 Å². The van der Waals surface area contributed by atoms with Crippen LogP contribution < -0.4 is 10.5 Å². The molecule has 1 unspecified atom stereocenters. The van der Waals surface area contributed by atoms with Crippen LogP contribution >= 0.6 is 0 Å². The molecule has 0 saturated heterocycles. The summed E-state index contributed by atoms with van der Waals surface area (Å²) in [6.07, 6.45) is 0.673. The minimum atomic E-state index is -0.279. The van der Waals surface area contributed by atoms with Gasteiger partial charge in [-0.3, -0.25) is 14.7 Å². The molecule has 7 nitrogen and oxygen atoms in total. The lowest BCUT2D eigenvalue weighted by atomic mass is 9.94. The Hall–Kier alpha value is -3.74. The van der Waals surface area contributed by atoms with Crippen molar-refractivity contribution in [2.75, 3.05) is 4.90 Å². The van der Waals surface area contributed by atoms with Crippen molar-refractivity contribution in [2.24, 2.45) is 0 Å². The van der Waals surface area contributed by atoms with Crippen molar-refractivity contribution in [3.05, 3.63) is 94.2 Å². The number of rotatable bonds is 6. The normalized spacial score (nSPS) is 12.1.